The van der Waals surface area contributed by atoms with Crippen LogP contribution in [0.2, 0.25) is 0 Å². The molecule has 1 fully saturated rings. The zero-order valence-electron chi connectivity index (χ0n) is 19.5. The van der Waals surface area contributed by atoms with Crippen LogP contribution in [0, 0.1) is 12.8 Å². The zero-order chi connectivity index (χ0) is 23.9. The number of hydrogen-bond donors (Lipinski definition) is 0. The number of fused-ring (bicyclic) bond motifs is 2. The van der Waals surface area contributed by atoms with E-state index >= 15 is 0 Å². The highest BCUT2D eigenvalue weighted by molar-refractivity contribution is 7.15. The third-order valence-corrected chi connectivity index (χ3v) is 7.73. The molecule has 1 aromatic carbocycles. The van der Waals surface area contributed by atoms with Crippen molar-refractivity contribution < 1.29 is 9.18 Å². The maximum Gasteiger partial charge on any atom is 0.274 e. The van der Waals surface area contributed by atoms with E-state index in [1.165, 1.54) is 11.3 Å². The summed E-state index contributed by atoms with van der Waals surface area (Å²) in [5.41, 5.74) is 5.10. The van der Waals surface area contributed by atoms with Crippen molar-refractivity contribution in [2.75, 3.05) is 13.1 Å². The molecule has 1 amide bonds. The van der Waals surface area contributed by atoms with E-state index in [4.69, 9.17) is 0 Å². The maximum absolute atomic E-state index is 13.9. The molecule has 0 bridgehead atoms. The third kappa shape index (κ3) is 4.48. The quantitative estimate of drug-likeness (QED) is 0.388. The fourth-order valence-electron chi connectivity index (χ4n) is 4.67. The zero-order valence-corrected chi connectivity index (χ0v) is 20.3. The summed E-state index contributed by atoms with van der Waals surface area (Å²) in [5.74, 6) is 0.278. The van der Waals surface area contributed by atoms with E-state index in [1.807, 2.05) is 48.5 Å². The molecule has 0 radical (unpaired) electrons. The molecule has 0 spiro atoms. The molecule has 0 unspecified atom stereocenters. The van der Waals surface area contributed by atoms with Gasteiger partial charge in [0.25, 0.3) is 5.91 Å². The van der Waals surface area contributed by atoms with Crippen LogP contribution in [0.25, 0.3) is 21.3 Å². The Labute approximate surface area is 207 Å². The summed E-state index contributed by atoms with van der Waals surface area (Å²) >= 11 is 1.53. The fourth-order valence-corrected chi connectivity index (χ4v) is 5.56. The van der Waals surface area contributed by atoms with Gasteiger partial charge in [0, 0.05) is 48.4 Å². The van der Waals surface area contributed by atoms with Crippen molar-refractivity contribution in [1.82, 2.24) is 14.9 Å². The molecule has 1 aliphatic heterocycles. The van der Waals surface area contributed by atoms with Crippen molar-refractivity contribution >= 4 is 33.9 Å². The molecule has 2 aromatic heterocycles. The summed E-state index contributed by atoms with van der Waals surface area (Å²) in [7, 11) is 0. The molecule has 2 aliphatic carbocycles. The van der Waals surface area contributed by atoms with E-state index in [9.17, 15) is 9.18 Å². The van der Waals surface area contributed by atoms with Gasteiger partial charge in [0.05, 0.1) is 21.1 Å². The molecular formula is C28H25FN4OS. The number of aromatic nitrogens is 2. The number of aryl methyl sites for hydroxylation is 1. The molecule has 0 atom stereocenters. The third-order valence-electron chi connectivity index (χ3n) is 6.71. The lowest BCUT2D eigenvalue weighted by Gasteiger charge is -2.23. The number of para-hydroxylation sites is 1. The lowest BCUT2D eigenvalue weighted by molar-refractivity contribution is 0.0745. The van der Waals surface area contributed by atoms with Gasteiger partial charge in [-0.05, 0) is 62.0 Å². The van der Waals surface area contributed by atoms with E-state index in [-0.39, 0.29) is 11.7 Å². The minimum Gasteiger partial charge on any atom is -0.337 e. The molecule has 176 valence electrons. The molecule has 1 saturated carbocycles. The first-order valence-corrected chi connectivity index (χ1v) is 12.8. The molecule has 3 aliphatic rings. The van der Waals surface area contributed by atoms with Crippen LogP contribution in [0.5, 0.6) is 0 Å². The maximum atomic E-state index is 13.9. The van der Waals surface area contributed by atoms with Crippen molar-refractivity contribution in [2.45, 2.75) is 32.6 Å². The number of aliphatic imine (C=N–C) groups is 1. The standard InChI is InChI=1S/C28H25FN4OS/c1-17-32-26(27(35-17)21-12-19-4-2-3-5-24(19)30-15-21)28(34)33(16-18-6-7-18)11-10-20-14-31-25-9-8-22(29)13-23(20)25/h2-5,8,12-15,18H,6-7,9-11,16H2,1H3. The highest BCUT2D eigenvalue weighted by Crippen LogP contribution is 2.35. The topological polar surface area (TPSA) is 58.5 Å². The Morgan fingerprint density at radius 2 is 2.11 bits per heavy atom. The van der Waals surface area contributed by atoms with Gasteiger partial charge in [-0.25, -0.2) is 9.37 Å². The number of allylic oxidation sites excluding steroid dienone is 4. The van der Waals surface area contributed by atoms with Crippen LogP contribution >= 0.6 is 11.3 Å². The van der Waals surface area contributed by atoms with E-state index < -0.39 is 0 Å². The van der Waals surface area contributed by atoms with Gasteiger partial charge in [-0.2, -0.15) is 0 Å². The lowest BCUT2D eigenvalue weighted by Crippen LogP contribution is -2.34. The number of rotatable bonds is 7. The highest BCUT2D eigenvalue weighted by atomic mass is 32.1. The van der Waals surface area contributed by atoms with Crippen LogP contribution in [-0.4, -0.2) is 39.6 Å². The van der Waals surface area contributed by atoms with Crippen LogP contribution < -0.4 is 0 Å². The van der Waals surface area contributed by atoms with Gasteiger partial charge in [-0.3, -0.25) is 14.8 Å². The number of thiazole rings is 1. The van der Waals surface area contributed by atoms with Gasteiger partial charge in [0.15, 0.2) is 0 Å². The van der Waals surface area contributed by atoms with Crippen LogP contribution in [-0.2, 0) is 0 Å². The predicted octanol–water partition coefficient (Wildman–Crippen LogP) is 6.43. The average molecular weight is 485 g/mol. The Balaban J connectivity index is 1.27. The van der Waals surface area contributed by atoms with Crippen LogP contribution in [0.15, 0.2) is 76.8 Å². The second kappa shape index (κ2) is 8.96. The van der Waals surface area contributed by atoms with E-state index in [0.717, 1.165) is 62.6 Å². The van der Waals surface area contributed by atoms with Gasteiger partial charge in [-0.1, -0.05) is 18.2 Å². The number of benzene rings is 1. The summed E-state index contributed by atoms with van der Waals surface area (Å²) in [6.07, 6.45) is 10.2. The summed E-state index contributed by atoms with van der Waals surface area (Å²) in [4.78, 5) is 30.4. The van der Waals surface area contributed by atoms with Gasteiger partial charge in [0.1, 0.15) is 11.5 Å². The monoisotopic (exact) mass is 484 g/mol. The molecule has 5 nitrogen and oxygen atoms in total. The van der Waals surface area contributed by atoms with Gasteiger partial charge >= 0.3 is 0 Å². The first kappa shape index (κ1) is 22.0. The Bertz CT molecular complexity index is 1460. The van der Waals surface area contributed by atoms with Crippen LogP contribution in [0.4, 0.5) is 4.39 Å². The largest absolute Gasteiger partial charge is 0.337 e. The van der Waals surface area contributed by atoms with E-state index in [2.05, 4.69) is 21.0 Å². The number of hydrogen-bond acceptors (Lipinski definition) is 5. The normalized spacial score (nSPS) is 17.0. The Hall–Kier alpha value is -3.45. The average Bonchev–Trinajstić information content (AvgIpc) is 3.48. The second-order valence-corrected chi connectivity index (χ2v) is 10.6. The van der Waals surface area contributed by atoms with Crippen molar-refractivity contribution in [2.24, 2.45) is 10.9 Å². The number of carbonyl (C=O) groups excluding carboxylic acids is 1. The summed E-state index contributed by atoms with van der Waals surface area (Å²) in [5, 5.41) is 1.89. The molecule has 35 heavy (non-hydrogen) atoms. The van der Waals surface area contributed by atoms with Crippen LogP contribution in [0.3, 0.4) is 0 Å². The second-order valence-electron chi connectivity index (χ2n) is 9.35. The molecular weight excluding hydrogens is 459 g/mol. The first-order valence-electron chi connectivity index (χ1n) is 12.0. The Morgan fingerprint density at radius 3 is 2.97 bits per heavy atom. The minimum absolute atomic E-state index is 0.0483. The smallest absolute Gasteiger partial charge is 0.274 e. The number of halogens is 1. The molecule has 7 heteroatoms. The number of nitrogens with zero attached hydrogens (tertiary/aromatic N) is 4. The van der Waals surface area contributed by atoms with Crippen molar-refractivity contribution in [3.05, 3.63) is 82.6 Å². The molecule has 0 N–H and O–H groups in total. The summed E-state index contributed by atoms with van der Waals surface area (Å²) < 4.78 is 13.9. The van der Waals surface area contributed by atoms with Crippen LogP contribution in [0.1, 0.15) is 41.2 Å². The van der Waals surface area contributed by atoms with E-state index in [0.29, 0.717) is 31.0 Å². The number of carbonyl (C=O) groups is 1. The first-order chi connectivity index (χ1) is 17.0. The van der Waals surface area contributed by atoms with E-state index in [1.54, 1.807) is 12.2 Å². The number of amides is 1. The molecule has 3 heterocycles. The molecule has 3 aromatic rings. The Kier molecular flexibility index (Phi) is 5.65. The Morgan fingerprint density at radius 1 is 1.26 bits per heavy atom. The minimum atomic E-state index is -0.218. The SMILES string of the molecule is Cc1nc(C(=O)N(CCC2=CN=C3CC=C(F)C=C23)CC2CC2)c(-c2cnc3ccccc3c2)s1. The summed E-state index contributed by atoms with van der Waals surface area (Å²) in [6.45, 7) is 3.21. The van der Waals surface area contributed by atoms with Gasteiger partial charge in [0.2, 0.25) is 0 Å². The van der Waals surface area contributed by atoms with Gasteiger partial charge in [-0.15, -0.1) is 11.3 Å². The highest BCUT2D eigenvalue weighted by Gasteiger charge is 2.31. The van der Waals surface area contributed by atoms with Crippen molar-refractivity contribution in [3.8, 4) is 10.4 Å². The molecule has 0 saturated heterocycles. The number of pyridine rings is 1. The lowest BCUT2D eigenvalue weighted by atomic mass is 9.95. The van der Waals surface area contributed by atoms with Crippen molar-refractivity contribution in [1.29, 1.82) is 0 Å². The predicted molar refractivity (Wildman–Crippen MR) is 138 cm³/mol. The summed E-state index contributed by atoms with van der Waals surface area (Å²) in [6, 6.07) is 10.1. The fraction of sp³-hybridized carbons (Fsp3) is 0.286. The van der Waals surface area contributed by atoms with Gasteiger partial charge < -0.3 is 4.90 Å². The molecule has 6 rings (SSSR count). The van der Waals surface area contributed by atoms with Crippen molar-refractivity contribution in [3.63, 3.8) is 0 Å².